The summed E-state index contributed by atoms with van der Waals surface area (Å²) in [6.07, 6.45) is 0. The van der Waals surface area contributed by atoms with Crippen LogP contribution < -0.4 is 14.2 Å². The number of hydrogen-bond acceptors (Lipinski definition) is 4. The highest BCUT2D eigenvalue weighted by molar-refractivity contribution is 7.92. The van der Waals surface area contributed by atoms with Gasteiger partial charge in [0, 0.05) is 11.3 Å². The Kier molecular flexibility index (Phi) is 5.79. The van der Waals surface area contributed by atoms with Gasteiger partial charge in [-0.25, -0.2) is 8.42 Å². The van der Waals surface area contributed by atoms with Crippen LogP contribution >= 0.6 is 0 Å². The largest absolute Gasteiger partial charge is 0.497 e. The van der Waals surface area contributed by atoms with Gasteiger partial charge in [-0.2, -0.15) is 8.78 Å². The fourth-order valence-corrected chi connectivity index (χ4v) is 3.67. The van der Waals surface area contributed by atoms with E-state index in [0.29, 0.717) is 16.9 Å². The van der Waals surface area contributed by atoms with Gasteiger partial charge in [0.05, 0.1) is 12.0 Å². The van der Waals surface area contributed by atoms with Crippen LogP contribution in [0.2, 0.25) is 0 Å². The molecule has 8 heteroatoms. The highest BCUT2D eigenvalue weighted by Crippen LogP contribution is 2.35. The molecule has 3 rings (SSSR count). The lowest BCUT2D eigenvalue weighted by Gasteiger charge is -2.14. The van der Waals surface area contributed by atoms with Gasteiger partial charge in [-0.15, -0.1) is 0 Å². The molecular weight excluding hydrogens is 388 g/mol. The third-order valence-electron chi connectivity index (χ3n) is 3.90. The Bertz CT molecular complexity index is 1040. The van der Waals surface area contributed by atoms with Gasteiger partial charge in [0.2, 0.25) is 0 Å². The standard InChI is InChI=1S/C20H17F2NO4S/c1-26-16-10-7-14(8-11-16)18-13-15(9-12-19(18)27-20(21)22)23-28(24,25)17-5-3-2-4-6-17/h2-13,20,23H,1H3. The van der Waals surface area contributed by atoms with Crippen LogP contribution in [0.3, 0.4) is 0 Å². The molecule has 0 unspecified atom stereocenters. The number of alkyl halides is 2. The fourth-order valence-electron chi connectivity index (χ4n) is 2.60. The summed E-state index contributed by atoms with van der Waals surface area (Å²) in [5.74, 6) is 0.531. The number of benzene rings is 3. The third kappa shape index (κ3) is 4.58. The van der Waals surface area contributed by atoms with Crippen molar-refractivity contribution in [3.05, 3.63) is 72.8 Å². The van der Waals surface area contributed by atoms with E-state index in [-0.39, 0.29) is 16.3 Å². The van der Waals surface area contributed by atoms with Crippen molar-refractivity contribution in [1.82, 2.24) is 0 Å². The summed E-state index contributed by atoms with van der Waals surface area (Å²) in [5.41, 5.74) is 1.10. The van der Waals surface area contributed by atoms with Crippen LogP contribution in [-0.4, -0.2) is 22.1 Å². The van der Waals surface area contributed by atoms with Crippen molar-refractivity contribution in [2.75, 3.05) is 11.8 Å². The number of halogens is 2. The van der Waals surface area contributed by atoms with Crippen LogP contribution in [0.1, 0.15) is 0 Å². The van der Waals surface area contributed by atoms with Gasteiger partial charge >= 0.3 is 6.61 Å². The highest BCUT2D eigenvalue weighted by Gasteiger charge is 2.17. The summed E-state index contributed by atoms with van der Waals surface area (Å²) in [7, 11) is -2.30. The second-order valence-electron chi connectivity index (χ2n) is 5.74. The van der Waals surface area contributed by atoms with Crippen molar-refractivity contribution >= 4 is 15.7 Å². The normalized spacial score (nSPS) is 11.3. The molecule has 0 radical (unpaired) electrons. The fraction of sp³-hybridized carbons (Fsp3) is 0.100. The summed E-state index contributed by atoms with van der Waals surface area (Å²) < 4.78 is 62.7. The van der Waals surface area contributed by atoms with Crippen LogP contribution in [0, 0.1) is 0 Å². The van der Waals surface area contributed by atoms with E-state index in [1.54, 1.807) is 42.5 Å². The second kappa shape index (κ2) is 8.26. The summed E-state index contributed by atoms with van der Waals surface area (Å²) in [6, 6.07) is 18.6. The van der Waals surface area contributed by atoms with E-state index in [0.717, 1.165) is 0 Å². The predicted octanol–water partition coefficient (Wildman–Crippen LogP) is 4.76. The number of ether oxygens (including phenoxy) is 2. The molecule has 0 fully saturated rings. The van der Waals surface area contributed by atoms with E-state index in [1.807, 2.05) is 0 Å². The average Bonchev–Trinajstić information content (AvgIpc) is 2.69. The minimum Gasteiger partial charge on any atom is -0.497 e. The number of hydrogen-bond donors (Lipinski definition) is 1. The van der Waals surface area contributed by atoms with Crippen molar-refractivity contribution in [2.45, 2.75) is 11.5 Å². The Morgan fingerprint density at radius 3 is 2.21 bits per heavy atom. The van der Waals surface area contributed by atoms with Crippen molar-refractivity contribution in [3.8, 4) is 22.6 Å². The van der Waals surface area contributed by atoms with Crippen LogP contribution in [0.25, 0.3) is 11.1 Å². The predicted molar refractivity (Wildman–Crippen MR) is 102 cm³/mol. The Hall–Kier alpha value is -3.13. The van der Waals surface area contributed by atoms with Crippen molar-refractivity contribution in [3.63, 3.8) is 0 Å². The minimum atomic E-state index is -3.82. The zero-order valence-corrected chi connectivity index (χ0v) is 15.6. The highest BCUT2D eigenvalue weighted by atomic mass is 32.2. The summed E-state index contributed by atoms with van der Waals surface area (Å²) in [4.78, 5) is 0.0916. The first kappa shape index (κ1) is 19.6. The lowest BCUT2D eigenvalue weighted by atomic mass is 10.0. The Morgan fingerprint density at radius 1 is 0.929 bits per heavy atom. The number of nitrogens with one attached hydrogen (secondary N) is 1. The number of methoxy groups -OCH3 is 1. The van der Waals surface area contributed by atoms with Crippen molar-refractivity contribution < 1.29 is 26.7 Å². The summed E-state index contributed by atoms with van der Waals surface area (Å²) in [5, 5.41) is 0. The lowest BCUT2D eigenvalue weighted by Crippen LogP contribution is -2.13. The molecule has 1 N–H and O–H groups in total. The van der Waals surface area contributed by atoms with Gasteiger partial charge in [0.1, 0.15) is 11.5 Å². The van der Waals surface area contributed by atoms with Gasteiger partial charge in [-0.3, -0.25) is 4.72 Å². The molecule has 0 atom stereocenters. The number of sulfonamides is 1. The quantitative estimate of drug-likeness (QED) is 0.615. The van der Waals surface area contributed by atoms with E-state index in [1.165, 1.54) is 37.4 Å². The molecule has 0 saturated heterocycles. The van der Waals surface area contributed by atoms with Crippen LogP contribution in [0.5, 0.6) is 11.5 Å². The van der Waals surface area contributed by atoms with E-state index < -0.39 is 16.6 Å². The molecule has 0 aliphatic heterocycles. The first-order chi connectivity index (χ1) is 13.4. The summed E-state index contributed by atoms with van der Waals surface area (Å²) >= 11 is 0. The maximum atomic E-state index is 12.8. The van der Waals surface area contributed by atoms with Crippen LogP contribution in [0.15, 0.2) is 77.7 Å². The lowest BCUT2D eigenvalue weighted by molar-refractivity contribution is -0.0494. The van der Waals surface area contributed by atoms with Gasteiger partial charge in [-0.1, -0.05) is 30.3 Å². The van der Waals surface area contributed by atoms with Crippen LogP contribution in [-0.2, 0) is 10.0 Å². The molecule has 5 nitrogen and oxygen atoms in total. The van der Waals surface area contributed by atoms with Crippen molar-refractivity contribution in [2.24, 2.45) is 0 Å². The van der Waals surface area contributed by atoms with Crippen molar-refractivity contribution in [1.29, 1.82) is 0 Å². The zero-order valence-electron chi connectivity index (χ0n) is 14.8. The van der Waals surface area contributed by atoms with E-state index in [4.69, 9.17) is 4.74 Å². The minimum absolute atomic E-state index is 0.0668. The molecular formula is C20H17F2NO4S. The molecule has 146 valence electrons. The molecule has 3 aromatic carbocycles. The maximum absolute atomic E-state index is 12.8. The van der Waals surface area contributed by atoms with Gasteiger partial charge in [0.25, 0.3) is 10.0 Å². The first-order valence-electron chi connectivity index (χ1n) is 8.20. The molecule has 0 bridgehead atoms. The van der Waals surface area contributed by atoms with E-state index in [9.17, 15) is 17.2 Å². The zero-order chi connectivity index (χ0) is 20.1. The smallest absolute Gasteiger partial charge is 0.387 e. The molecule has 0 aliphatic carbocycles. The second-order valence-corrected chi connectivity index (χ2v) is 7.42. The Labute approximate surface area is 161 Å². The third-order valence-corrected chi connectivity index (χ3v) is 5.30. The van der Waals surface area contributed by atoms with Gasteiger partial charge < -0.3 is 9.47 Å². The first-order valence-corrected chi connectivity index (χ1v) is 9.68. The molecule has 0 amide bonds. The number of anilines is 1. The molecule has 0 aliphatic rings. The monoisotopic (exact) mass is 405 g/mol. The van der Waals surface area contributed by atoms with Gasteiger partial charge in [0.15, 0.2) is 0 Å². The van der Waals surface area contributed by atoms with Gasteiger partial charge in [-0.05, 0) is 48.0 Å². The molecule has 0 saturated carbocycles. The average molecular weight is 405 g/mol. The van der Waals surface area contributed by atoms with Crippen LogP contribution in [0.4, 0.5) is 14.5 Å². The molecule has 0 heterocycles. The Balaban J connectivity index is 1.99. The maximum Gasteiger partial charge on any atom is 0.387 e. The van der Waals surface area contributed by atoms with E-state index in [2.05, 4.69) is 9.46 Å². The summed E-state index contributed by atoms with van der Waals surface area (Å²) in [6.45, 7) is -3.01. The topological polar surface area (TPSA) is 64.6 Å². The molecule has 3 aromatic rings. The molecule has 28 heavy (non-hydrogen) atoms. The number of rotatable bonds is 7. The SMILES string of the molecule is COc1ccc(-c2cc(NS(=O)(=O)c3ccccc3)ccc2OC(F)F)cc1. The van der Waals surface area contributed by atoms with E-state index >= 15 is 0 Å². The molecule has 0 spiro atoms. The Morgan fingerprint density at radius 2 is 1.61 bits per heavy atom. The molecule has 0 aromatic heterocycles.